The van der Waals surface area contributed by atoms with Crippen LogP contribution >= 0.6 is 0 Å². The lowest BCUT2D eigenvalue weighted by Gasteiger charge is -2.19. The van der Waals surface area contributed by atoms with Gasteiger partial charge in [0, 0.05) is 18.2 Å². The molecule has 0 spiro atoms. The Morgan fingerprint density at radius 3 is 2.90 bits per heavy atom. The van der Waals surface area contributed by atoms with Gasteiger partial charge in [0.15, 0.2) is 0 Å². The van der Waals surface area contributed by atoms with Crippen LogP contribution in [0.1, 0.15) is 41.3 Å². The SMILES string of the molecule is CCC(CC(=O)O)NC(=O)c1ccc2c(c1)CNCC2. The maximum absolute atomic E-state index is 12.2. The summed E-state index contributed by atoms with van der Waals surface area (Å²) in [7, 11) is 0. The van der Waals surface area contributed by atoms with Crippen molar-refractivity contribution in [2.75, 3.05) is 6.54 Å². The molecule has 0 fully saturated rings. The molecule has 0 saturated heterocycles. The molecule has 0 bridgehead atoms. The number of nitrogens with one attached hydrogen (secondary N) is 2. The lowest BCUT2D eigenvalue weighted by atomic mass is 9.98. The largest absolute Gasteiger partial charge is 0.481 e. The van der Waals surface area contributed by atoms with Gasteiger partial charge < -0.3 is 15.7 Å². The topological polar surface area (TPSA) is 78.4 Å². The Bertz CT molecular complexity index is 514. The number of carboxylic acids is 1. The maximum atomic E-state index is 12.2. The van der Waals surface area contributed by atoms with E-state index >= 15 is 0 Å². The molecule has 1 aliphatic rings. The zero-order chi connectivity index (χ0) is 14.5. The van der Waals surface area contributed by atoms with Crippen LogP contribution in [0.4, 0.5) is 0 Å². The lowest BCUT2D eigenvalue weighted by molar-refractivity contribution is -0.137. The monoisotopic (exact) mass is 276 g/mol. The number of carbonyl (C=O) groups excluding carboxylic acids is 1. The molecule has 20 heavy (non-hydrogen) atoms. The van der Waals surface area contributed by atoms with Crippen LogP contribution in [0.3, 0.4) is 0 Å². The highest BCUT2D eigenvalue weighted by atomic mass is 16.4. The molecule has 0 radical (unpaired) electrons. The smallest absolute Gasteiger partial charge is 0.305 e. The molecule has 2 rings (SSSR count). The fourth-order valence-corrected chi connectivity index (χ4v) is 2.40. The van der Waals surface area contributed by atoms with E-state index in [9.17, 15) is 9.59 Å². The fraction of sp³-hybridized carbons (Fsp3) is 0.467. The van der Waals surface area contributed by atoms with E-state index < -0.39 is 5.97 Å². The van der Waals surface area contributed by atoms with Gasteiger partial charge in [0.2, 0.25) is 0 Å². The molecule has 5 heteroatoms. The summed E-state index contributed by atoms with van der Waals surface area (Å²) in [6.45, 7) is 3.61. The minimum atomic E-state index is -0.896. The average Bonchev–Trinajstić information content (AvgIpc) is 2.45. The maximum Gasteiger partial charge on any atom is 0.305 e. The van der Waals surface area contributed by atoms with E-state index in [1.54, 1.807) is 0 Å². The van der Waals surface area contributed by atoms with Gasteiger partial charge >= 0.3 is 5.97 Å². The van der Waals surface area contributed by atoms with Crippen molar-refractivity contribution >= 4 is 11.9 Å². The van der Waals surface area contributed by atoms with Crippen LogP contribution in [0.25, 0.3) is 0 Å². The molecule has 0 saturated carbocycles. The van der Waals surface area contributed by atoms with Crippen molar-refractivity contribution in [3.63, 3.8) is 0 Å². The summed E-state index contributed by atoms with van der Waals surface area (Å²) in [5.41, 5.74) is 3.02. The first-order valence-corrected chi connectivity index (χ1v) is 6.95. The molecule has 1 aromatic rings. The Morgan fingerprint density at radius 2 is 2.20 bits per heavy atom. The van der Waals surface area contributed by atoms with Gasteiger partial charge in [-0.2, -0.15) is 0 Å². The number of amides is 1. The third-order valence-corrected chi connectivity index (χ3v) is 3.60. The van der Waals surface area contributed by atoms with Crippen molar-refractivity contribution in [1.29, 1.82) is 0 Å². The van der Waals surface area contributed by atoms with Crippen LogP contribution in [-0.4, -0.2) is 29.6 Å². The standard InChI is InChI=1S/C15H20N2O3/c1-2-13(8-14(18)19)17-15(20)11-4-3-10-5-6-16-9-12(10)7-11/h3-4,7,13,16H,2,5-6,8-9H2,1H3,(H,17,20)(H,18,19). The van der Waals surface area contributed by atoms with Crippen molar-refractivity contribution in [3.8, 4) is 0 Å². The minimum Gasteiger partial charge on any atom is -0.481 e. The molecule has 1 atom stereocenters. The van der Waals surface area contributed by atoms with Gasteiger partial charge in [0.25, 0.3) is 5.91 Å². The Kier molecular flexibility index (Phi) is 4.74. The van der Waals surface area contributed by atoms with Crippen LogP contribution in [0.2, 0.25) is 0 Å². The van der Waals surface area contributed by atoms with Crippen molar-refractivity contribution in [3.05, 3.63) is 34.9 Å². The number of fused-ring (bicyclic) bond motifs is 1. The molecule has 1 amide bonds. The van der Waals surface area contributed by atoms with Gasteiger partial charge in [-0.15, -0.1) is 0 Å². The first-order chi connectivity index (χ1) is 9.60. The molecule has 1 aromatic carbocycles. The molecular formula is C15H20N2O3. The third kappa shape index (κ3) is 3.57. The number of aliphatic carboxylic acids is 1. The summed E-state index contributed by atoms with van der Waals surface area (Å²) in [4.78, 5) is 22.9. The molecule has 5 nitrogen and oxygen atoms in total. The predicted octanol–water partition coefficient (Wildman–Crippen LogP) is 1.32. The van der Waals surface area contributed by atoms with E-state index in [1.807, 2.05) is 25.1 Å². The van der Waals surface area contributed by atoms with Crippen molar-refractivity contribution < 1.29 is 14.7 Å². The highest BCUT2D eigenvalue weighted by molar-refractivity contribution is 5.94. The van der Waals surface area contributed by atoms with E-state index in [2.05, 4.69) is 10.6 Å². The number of rotatable bonds is 5. The third-order valence-electron chi connectivity index (χ3n) is 3.60. The van der Waals surface area contributed by atoms with Crippen molar-refractivity contribution in [1.82, 2.24) is 10.6 Å². The quantitative estimate of drug-likeness (QED) is 0.758. The molecule has 0 aromatic heterocycles. The summed E-state index contributed by atoms with van der Waals surface area (Å²) in [5.74, 6) is -1.10. The molecule has 1 aliphatic heterocycles. The zero-order valence-electron chi connectivity index (χ0n) is 11.6. The van der Waals surface area contributed by atoms with Gasteiger partial charge in [-0.1, -0.05) is 13.0 Å². The van der Waals surface area contributed by atoms with Crippen LogP contribution in [0.15, 0.2) is 18.2 Å². The van der Waals surface area contributed by atoms with Crippen LogP contribution < -0.4 is 10.6 Å². The minimum absolute atomic E-state index is 0.0469. The fourth-order valence-electron chi connectivity index (χ4n) is 2.40. The molecule has 3 N–H and O–H groups in total. The van der Waals surface area contributed by atoms with Crippen molar-refractivity contribution in [2.24, 2.45) is 0 Å². The molecular weight excluding hydrogens is 256 g/mol. The van der Waals surface area contributed by atoms with Crippen LogP contribution in [0.5, 0.6) is 0 Å². The predicted molar refractivity (Wildman–Crippen MR) is 75.7 cm³/mol. The van der Waals surface area contributed by atoms with Crippen molar-refractivity contribution in [2.45, 2.75) is 38.8 Å². The highest BCUT2D eigenvalue weighted by Crippen LogP contribution is 2.16. The normalized spacial score (nSPS) is 15.2. The van der Waals surface area contributed by atoms with E-state index in [1.165, 1.54) is 5.56 Å². The lowest BCUT2D eigenvalue weighted by Crippen LogP contribution is -2.36. The number of hydrogen-bond donors (Lipinski definition) is 3. The molecule has 1 heterocycles. The summed E-state index contributed by atoms with van der Waals surface area (Å²) >= 11 is 0. The molecule has 1 unspecified atom stereocenters. The van der Waals surface area contributed by atoms with E-state index in [-0.39, 0.29) is 18.4 Å². The number of benzene rings is 1. The zero-order valence-corrected chi connectivity index (χ0v) is 11.6. The Balaban J connectivity index is 2.06. The van der Waals surface area contributed by atoms with Gasteiger partial charge in [0.1, 0.15) is 0 Å². The molecule has 108 valence electrons. The van der Waals surface area contributed by atoms with Gasteiger partial charge in [-0.3, -0.25) is 9.59 Å². The second kappa shape index (κ2) is 6.52. The van der Waals surface area contributed by atoms with Crippen LogP contribution in [0, 0.1) is 0 Å². The summed E-state index contributed by atoms with van der Waals surface area (Å²) in [6, 6.07) is 5.37. The first kappa shape index (κ1) is 14.5. The number of carbonyl (C=O) groups is 2. The molecule has 0 aliphatic carbocycles. The Hall–Kier alpha value is -1.88. The second-order valence-electron chi connectivity index (χ2n) is 5.09. The summed E-state index contributed by atoms with van der Waals surface area (Å²) in [6.07, 6.45) is 1.53. The van der Waals surface area contributed by atoms with E-state index in [4.69, 9.17) is 5.11 Å². The van der Waals surface area contributed by atoms with Crippen LogP contribution in [-0.2, 0) is 17.8 Å². The number of carboxylic acid groups (broad SMARTS) is 1. The van der Waals surface area contributed by atoms with E-state index in [0.29, 0.717) is 12.0 Å². The summed E-state index contributed by atoms with van der Waals surface area (Å²) in [5, 5.41) is 14.9. The Labute approximate surface area is 118 Å². The van der Waals surface area contributed by atoms with Gasteiger partial charge in [0.05, 0.1) is 6.42 Å². The number of hydrogen-bond acceptors (Lipinski definition) is 3. The summed E-state index contributed by atoms with van der Waals surface area (Å²) < 4.78 is 0. The Morgan fingerprint density at radius 1 is 1.40 bits per heavy atom. The van der Waals surface area contributed by atoms with Gasteiger partial charge in [-0.05, 0) is 42.6 Å². The average molecular weight is 276 g/mol. The van der Waals surface area contributed by atoms with Gasteiger partial charge in [-0.25, -0.2) is 0 Å². The van der Waals surface area contributed by atoms with E-state index in [0.717, 1.165) is 25.1 Å². The highest BCUT2D eigenvalue weighted by Gasteiger charge is 2.17. The second-order valence-corrected chi connectivity index (χ2v) is 5.09. The first-order valence-electron chi connectivity index (χ1n) is 6.95.